The molecule has 0 atom stereocenters. The Morgan fingerprint density at radius 3 is 2.66 bits per heavy atom. The molecule has 1 aliphatic heterocycles. The number of ether oxygens (including phenoxy) is 1. The van der Waals surface area contributed by atoms with Gasteiger partial charge in [-0.15, -0.1) is 0 Å². The van der Waals surface area contributed by atoms with Gasteiger partial charge in [-0.3, -0.25) is 0 Å². The van der Waals surface area contributed by atoms with Crippen molar-refractivity contribution in [1.29, 1.82) is 0 Å². The van der Waals surface area contributed by atoms with Crippen LogP contribution >= 0.6 is 0 Å². The van der Waals surface area contributed by atoms with Gasteiger partial charge >= 0.3 is 6.18 Å². The largest absolute Gasteiger partial charge is 0.493 e. The van der Waals surface area contributed by atoms with Crippen LogP contribution in [-0.2, 0) is 12.7 Å². The molecule has 0 spiro atoms. The first kappa shape index (κ1) is 19.6. The van der Waals surface area contributed by atoms with Crippen molar-refractivity contribution in [1.82, 2.24) is 10.3 Å². The van der Waals surface area contributed by atoms with Gasteiger partial charge in [-0.25, -0.2) is 4.98 Å². The van der Waals surface area contributed by atoms with E-state index in [1.165, 1.54) is 6.07 Å². The Labute approximate surface area is 166 Å². The third kappa shape index (κ3) is 4.32. The fourth-order valence-electron chi connectivity index (χ4n) is 3.64. The molecule has 0 amide bonds. The molecule has 1 aliphatic rings. The number of rotatable bonds is 5. The van der Waals surface area contributed by atoms with Crippen LogP contribution in [-0.4, -0.2) is 31.2 Å². The van der Waals surface area contributed by atoms with E-state index in [9.17, 15) is 13.2 Å². The Balaban J connectivity index is 1.31. The molecule has 154 valence electrons. The molecule has 2 aromatic heterocycles. The second kappa shape index (κ2) is 7.94. The maximum Gasteiger partial charge on any atom is 0.417 e. The van der Waals surface area contributed by atoms with Crippen LogP contribution in [0.15, 0.2) is 47.0 Å². The van der Waals surface area contributed by atoms with Crippen molar-refractivity contribution >= 4 is 16.8 Å². The van der Waals surface area contributed by atoms with Gasteiger partial charge < -0.3 is 19.4 Å². The van der Waals surface area contributed by atoms with Gasteiger partial charge in [0.25, 0.3) is 0 Å². The maximum atomic E-state index is 12.7. The van der Waals surface area contributed by atoms with Crippen LogP contribution in [0.1, 0.15) is 24.2 Å². The minimum absolute atomic E-state index is 0.316. The molecule has 29 heavy (non-hydrogen) atoms. The molecule has 0 aliphatic carbocycles. The summed E-state index contributed by atoms with van der Waals surface area (Å²) >= 11 is 0. The maximum absolute atomic E-state index is 12.7. The predicted molar refractivity (Wildman–Crippen MR) is 104 cm³/mol. The smallest absolute Gasteiger partial charge is 0.417 e. The number of nitrogens with one attached hydrogen (secondary N) is 1. The predicted octanol–water partition coefficient (Wildman–Crippen LogP) is 4.61. The summed E-state index contributed by atoms with van der Waals surface area (Å²) in [6.45, 7) is 2.09. The van der Waals surface area contributed by atoms with E-state index in [1.807, 2.05) is 29.2 Å². The normalized spacial score (nSPS) is 15.8. The fraction of sp³-hybridized carbons (Fsp3) is 0.381. The van der Waals surface area contributed by atoms with E-state index in [-0.39, 0.29) is 0 Å². The molecular formula is C21H22F3N3O2. The quantitative estimate of drug-likeness (QED) is 0.672. The minimum atomic E-state index is -4.36. The zero-order valence-corrected chi connectivity index (χ0v) is 16.0. The van der Waals surface area contributed by atoms with Gasteiger partial charge in [-0.05, 0) is 37.1 Å². The second-order valence-corrected chi connectivity index (χ2v) is 7.14. The number of fused-ring (bicyclic) bond motifs is 1. The third-order valence-corrected chi connectivity index (χ3v) is 5.24. The van der Waals surface area contributed by atoms with Crippen LogP contribution in [0.4, 0.5) is 19.0 Å². The van der Waals surface area contributed by atoms with Crippen molar-refractivity contribution in [3.8, 4) is 5.75 Å². The molecule has 3 heterocycles. The third-order valence-electron chi connectivity index (χ3n) is 5.24. The van der Waals surface area contributed by atoms with Crippen molar-refractivity contribution in [2.75, 3.05) is 25.1 Å². The van der Waals surface area contributed by atoms with Gasteiger partial charge in [0.05, 0.1) is 19.2 Å². The molecule has 0 unspecified atom stereocenters. The number of benzene rings is 1. The van der Waals surface area contributed by atoms with Gasteiger partial charge in [0.15, 0.2) is 11.3 Å². The Morgan fingerprint density at radius 2 is 2.00 bits per heavy atom. The summed E-state index contributed by atoms with van der Waals surface area (Å²) in [7, 11) is 1.62. The number of anilines is 1. The monoisotopic (exact) mass is 405 g/mol. The lowest BCUT2D eigenvalue weighted by molar-refractivity contribution is -0.137. The van der Waals surface area contributed by atoms with Crippen LogP contribution in [0.25, 0.3) is 11.0 Å². The van der Waals surface area contributed by atoms with E-state index in [0.717, 1.165) is 54.9 Å². The molecule has 8 heteroatoms. The van der Waals surface area contributed by atoms with E-state index >= 15 is 0 Å². The number of hydrogen-bond acceptors (Lipinski definition) is 5. The van der Waals surface area contributed by atoms with Crippen LogP contribution in [0, 0.1) is 0 Å². The van der Waals surface area contributed by atoms with E-state index in [0.29, 0.717) is 24.2 Å². The first-order valence-corrected chi connectivity index (χ1v) is 9.51. The molecule has 0 bridgehead atoms. The Bertz CT molecular complexity index is 961. The molecule has 1 aromatic carbocycles. The highest BCUT2D eigenvalue weighted by molar-refractivity contribution is 5.83. The number of piperidine rings is 1. The lowest BCUT2D eigenvalue weighted by Crippen LogP contribution is -2.42. The van der Waals surface area contributed by atoms with Gasteiger partial charge in [0.1, 0.15) is 11.6 Å². The summed E-state index contributed by atoms with van der Waals surface area (Å²) in [4.78, 5) is 6.00. The van der Waals surface area contributed by atoms with Gasteiger partial charge in [0.2, 0.25) is 0 Å². The van der Waals surface area contributed by atoms with E-state index in [4.69, 9.17) is 9.15 Å². The number of hydrogen-bond donors (Lipinski definition) is 1. The topological polar surface area (TPSA) is 50.5 Å². The van der Waals surface area contributed by atoms with Crippen molar-refractivity contribution in [2.45, 2.75) is 31.6 Å². The average molecular weight is 405 g/mol. The van der Waals surface area contributed by atoms with Crippen molar-refractivity contribution in [3.63, 3.8) is 0 Å². The molecule has 1 N–H and O–H groups in total. The van der Waals surface area contributed by atoms with Crippen LogP contribution in [0.3, 0.4) is 0 Å². The lowest BCUT2D eigenvalue weighted by Gasteiger charge is -2.33. The SMILES string of the molecule is COc1cccc2cc(CNC3CCN(c4ccc(C(F)(F)F)cn4)CC3)oc12. The summed E-state index contributed by atoms with van der Waals surface area (Å²) in [5.41, 5.74) is 0.0234. The second-order valence-electron chi connectivity index (χ2n) is 7.14. The molecule has 4 rings (SSSR count). The highest BCUT2D eigenvalue weighted by atomic mass is 19.4. The number of halogens is 3. The van der Waals surface area contributed by atoms with Crippen LogP contribution in [0.2, 0.25) is 0 Å². The van der Waals surface area contributed by atoms with Gasteiger partial charge in [0, 0.05) is 30.7 Å². The molecular weight excluding hydrogens is 383 g/mol. The standard InChI is InChI=1S/C21H22F3N3O2/c1-28-18-4-2-3-14-11-17(29-20(14)18)13-25-16-7-9-27(10-8-16)19-6-5-15(12-26-19)21(22,23)24/h2-6,11-12,16,25H,7-10,13H2,1H3. The van der Waals surface area contributed by atoms with E-state index in [1.54, 1.807) is 7.11 Å². The molecule has 5 nitrogen and oxygen atoms in total. The number of methoxy groups -OCH3 is 1. The van der Waals surface area contributed by atoms with Crippen molar-refractivity contribution < 1.29 is 22.3 Å². The fourth-order valence-corrected chi connectivity index (χ4v) is 3.64. The first-order valence-electron chi connectivity index (χ1n) is 9.51. The number of furan rings is 1. The Hall–Kier alpha value is -2.74. The molecule has 0 radical (unpaired) electrons. The van der Waals surface area contributed by atoms with Crippen LogP contribution < -0.4 is 15.0 Å². The zero-order chi connectivity index (χ0) is 20.4. The molecule has 0 saturated carbocycles. The van der Waals surface area contributed by atoms with Crippen molar-refractivity contribution in [3.05, 3.63) is 53.9 Å². The average Bonchev–Trinajstić information content (AvgIpc) is 3.15. The van der Waals surface area contributed by atoms with Gasteiger partial charge in [-0.2, -0.15) is 13.2 Å². The van der Waals surface area contributed by atoms with E-state index in [2.05, 4.69) is 10.3 Å². The number of alkyl halides is 3. The Morgan fingerprint density at radius 1 is 1.21 bits per heavy atom. The first-order chi connectivity index (χ1) is 13.9. The van der Waals surface area contributed by atoms with Gasteiger partial charge in [-0.1, -0.05) is 12.1 Å². The van der Waals surface area contributed by atoms with Crippen molar-refractivity contribution in [2.24, 2.45) is 0 Å². The highest BCUT2D eigenvalue weighted by Gasteiger charge is 2.31. The summed E-state index contributed by atoms with van der Waals surface area (Å²) in [6, 6.07) is 10.6. The molecule has 3 aromatic rings. The number of pyridine rings is 1. The number of nitrogens with zero attached hydrogens (tertiary/aromatic N) is 2. The minimum Gasteiger partial charge on any atom is -0.493 e. The molecule has 1 fully saturated rings. The van der Waals surface area contributed by atoms with Crippen LogP contribution in [0.5, 0.6) is 5.75 Å². The highest BCUT2D eigenvalue weighted by Crippen LogP contribution is 2.30. The summed E-state index contributed by atoms with van der Waals surface area (Å²) in [5, 5.41) is 4.51. The summed E-state index contributed by atoms with van der Waals surface area (Å²) in [6.07, 6.45) is -1.70. The summed E-state index contributed by atoms with van der Waals surface area (Å²) < 4.78 is 49.3. The number of aromatic nitrogens is 1. The zero-order valence-electron chi connectivity index (χ0n) is 16.0. The van der Waals surface area contributed by atoms with E-state index < -0.39 is 11.7 Å². The summed E-state index contributed by atoms with van der Waals surface area (Å²) in [5.74, 6) is 2.14. The number of para-hydroxylation sites is 1. The lowest BCUT2D eigenvalue weighted by atomic mass is 10.0. The molecule has 1 saturated heterocycles. The Kier molecular flexibility index (Phi) is 5.36.